The molecule has 0 bridgehead atoms. The van der Waals surface area contributed by atoms with Crippen LogP contribution in [0.1, 0.15) is 11.1 Å². The second-order valence-electron chi connectivity index (χ2n) is 6.24. The van der Waals surface area contributed by atoms with Crippen molar-refractivity contribution in [3.05, 3.63) is 53.6 Å². The molecule has 3 aromatic rings. The van der Waals surface area contributed by atoms with Crippen molar-refractivity contribution in [1.29, 1.82) is 0 Å². The quantitative estimate of drug-likeness (QED) is 0.352. The molecule has 0 atom stereocenters. The summed E-state index contributed by atoms with van der Waals surface area (Å²) in [5.74, 6) is 1.00. The predicted octanol–water partition coefficient (Wildman–Crippen LogP) is 2.75. The zero-order valence-corrected chi connectivity index (χ0v) is 17.1. The summed E-state index contributed by atoms with van der Waals surface area (Å²) in [5.41, 5.74) is 5.29. The lowest BCUT2D eigenvalue weighted by molar-refractivity contribution is -0.118. The number of hydrogen-bond donors (Lipinski definition) is 2. The van der Waals surface area contributed by atoms with E-state index in [1.807, 2.05) is 42.8 Å². The first-order valence-electron chi connectivity index (χ1n) is 8.76. The van der Waals surface area contributed by atoms with E-state index in [1.165, 1.54) is 36.7 Å². The van der Waals surface area contributed by atoms with Crippen LogP contribution in [0.2, 0.25) is 0 Å². The van der Waals surface area contributed by atoms with Crippen LogP contribution in [-0.4, -0.2) is 44.9 Å². The highest BCUT2D eigenvalue weighted by molar-refractivity contribution is 7.99. The number of carbonyl (C=O) groups excluding carboxylic acids is 1. The van der Waals surface area contributed by atoms with Crippen LogP contribution >= 0.6 is 11.8 Å². The number of rotatable bonds is 7. The molecule has 0 aliphatic heterocycles. The van der Waals surface area contributed by atoms with Gasteiger partial charge in [-0.3, -0.25) is 4.79 Å². The highest BCUT2D eigenvalue weighted by atomic mass is 32.2. The van der Waals surface area contributed by atoms with E-state index in [2.05, 4.69) is 20.7 Å². The lowest BCUT2D eigenvalue weighted by Crippen LogP contribution is -2.19. The Bertz CT molecular complexity index is 1030. The number of hydrazone groups is 1. The lowest BCUT2D eigenvalue weighted by Gasteiger charge is -2.04. The first kappa shape index (κ1) is 20.4. The van der Waals surface area contributed by atoms with Gasteiger partial charge in [-0.2, -0.15) is 5.10 Å². The van der Waals surface area contributed by atoms with Gasteiger partial charge in [-0.05, 0) is 30.7 Å². The van der Waals surface area contributed by atoms with E-state index in [1.54, 1.807) is 12.1 Å². The molecule has 2 N–H and O–H groups in total. The maximum absolute atomic E-state index is 12.0. The van der Waals surface area contributed by atoms with Gasteiger partial charge in [0.25, 0.3) is 5.91 Å². The summed E-state index contributed by atoms with van der Waals surface area (Å²) in [6.45, 7) is 2.03. The van der Waals surface area contributed by atoms with Crippen LogP contribution in [0, 0.1) is 6.92 Å². The van der Waals surface area contributed by atoms with E-state index in [0.29, 0.717) is 16.5 Å². The molecule has 0 radical (unpaired) electrons. The van der Waals surface area contributed by atoms with E-state index in [9.17, 15) is 9.90 Å². The number of aromatic nitrogens is 3. The van der Waals surface area contributed by atoms with E-state index in [0.717, 1.165) is 11.4 Å². The zero-order chi connectivity index (χ0) is 20.8. The van der Waals surface area contributed by atoms with E-state index in [-0.39, 0.29) is 17.4 Å². The van der Waals surface area contributed by atoms with Crippen molar-refractivity contribution in [3.63, 3.8) is 0 Å². The fraction of sp³-hybridized carbons (Fsp3) is 0.200. The number of amides is 1. The van der Waals surface area contributed by atoms with Gasteiger partial charge in [-0.25, -0.2) is 5.43 Å². The molecule has 0 unspecified atom stereocenters. The van der Waals surface area contributed by atoms with Crippen LogP contribution in [-0.2, 0) is 11.8 Å². The number of thioether (sulfide) groups is 1. The molecule has 0 aliphatic rings. The minimum atomic E-state index is -0.267. The minimum absolute atomic E-state index is 0.0405. The first-order valence-corrected chi connectivity index (χ1v) is 9.74. The van der Waals surface area contributed by atoms with E-state index in [4.69, 9.17) is 4.74 Å². The summed E-state index contributed by atoms with van der Waals surface area (Å²) in [6.07, 6.45) is 1.47. The number of phenolic OH excluding ortho intramolecular Hbond substituents is 1. The molecule has 150 valence electrons. The third-order valence-electron chi connectivity index (χ3n) is 4.08. The summed E-state index contributed by atoms with van der Waals surface area (Å²) in [5, 5.41) is 22.5. The third-order valence-corrected chi connectivity index (χ3v) is 5.10. The molecular formula is C20H21N5O3S. The number of aromatic hydroxyl groups is 1. The third kappa shape index (κ3) is 5.14. The number of hydrogen-bond acceptors (Lipinski definition) is 7. The van der Waals surface area contributed by atoms with Crippen LogP contribution in [0.15, 0.2) is 52.7 Å². The Morgan fingerprint density at radius 1 is 1.28 bits per heavy atom. The van der Waals surface area contributed by atoms with Crippen molar-refractivity contribution in [2.24, 2.45) is 12.1 Å². The zero-order valence-electron chi connectivity index (χ0n) is 16.3. The first-order chi connectivity index (χ1) is 14.0. The fourth-order valence-electron chi connectivity index (χ4n) is 2.51. The van der Waals surface area contributed by atoms with Crippen LogP contribution < -0.4 is 10.2 Å². The molecule has 2 aromatic carbocycles. The number of carbonyl (C=O) groups is 1. The largest absolute Gasteiger partial charge is 0.504 e. The number of benzene rings is 2. The summed E-state index contributed by atoms with van der Waals surface area (Å²) in [4.78, 5) is 12.0. The number of phenols is 1. The molecule has 0 saturated heterocycles. The molecule has 1 amide bonds. The standard InChI is InChI=1S/C20H21N5O3S/c1-13-4-7-15(8-5-13)19-23-24-20(25(19)2)29-12-18(27)22-21-11-14-6-9-16(26)17(10-14)28-3/h4-11,26H,12H2,1-3H3,(H,22,27)/b21-11+. The number of methoxy groups -OCH3 is 1. The van der Waals surface area contributed by atoms with Crippen LogP contribution in [0.25, 0.3) is 11.4 Å². The maximum atomic E-state index is 12.0. The van der Waals surface area contributed by atoms with Crippen molar-refractivity contribution in [2.75, 3.05) is 12.9 Å². The van der Waals surface area contributed by atoms with Crippen molar-refractivity contribution >= 4 is 23.9 Å². The Hall–Kier alpha value is -3.33. The van der Waals surface area contributed by atoms with Crippen LogP contribution in [0.5, 0.6) is 11.5 Å². The molecule has 1 aromatic heterocycles. The molecule has 29 heavy (non-hydrogen) atoms. The van der Waals surface area contributed by atoms with Gasteiger partial charge in [0.2, 0.25) is 0 Å². The number of nitrogens with zero attached hydrogens (tertiary/aromatic N) is 4. The van der Waals surface area contributed by atoms with Crippen molar-refractivity contribution in [1.82, 2.24) is 20.2 Å². The van der Waals surface area contributed by atoms with Crippen molar-refractivity contribution in [2.45, 2.75) is 12.1 Å². The SMILES string of the molecule is COc1cc(/C=N/NC(=O)CSc2nnc(-c3ccc(C)cc3)n2C)ccc1O. The Morgan fingerprint density at radius 3 is 2.76 bits per heavy atom. The fourth-order valence-corrected chi connectivity index (χ4v) is 3.21. The van der Waals surface area contributed by atoms with Crippen molar-refractivity contribution < 1.29 is 14.6 Å². The Kier molecular flexibility index (Phi) is 6.50. The molecule has 1 heterocycles. The second-order valence-corrected chi connectivity index (χ2v) is 7.19. The summed E-state index contributed by atoms with van der Waals surface area (Å²) in [6, 6.07) is 12.8. The topological polar surface area (TPSA) is 102 Å². The molecule has 9 heteroatoms. The molecule has 0 spiro atoms. The van der Waals surface area contributed by atoms with Gasteiger partial charge in [0.05, 0.1) is 19.1 Å². The van der Waals surface area contributed by atoms with Gasteiger partial charge in [-0.15, -0.1) is 10.2 Å². The highest BCUT2D eigenvalue weighted by Crippen LogP contribution is 2.25. The highest BCUT2D eigenvalue weighted by Gasteiger charge is 2.12. The number of ether oxygens (including phenoxy) is 1. The van der Waals surface area contributed by atoms with E-state index >= 15 is 0 Å². The predicted molar refractivity (Wildman–Crippen MR) is 112 cm³/mol. The second kappa shape index (κ2) is 9.24. The molecule has 3 rings (SSSR count). The number of nitrogens with one attached hydrogen (secondary N) is 1. The van der Waals surface area contributed by atoms with Crippen LogP contribution in [0.4, 0.5) is 0 Å². The minimum Gasteiger partial charge on any atom is -0.504 e. The van der Waals surface area contributed by atoms with Gasteiger partial charge in [0.1, 0.15) is 0 Å². The summed E-state index contributed by atoms with van der Waals surface area (Å²) >= 11 is 1.28. The Morgan fingerprint density at radius 2 is 2.03 bits per heavy atom. The Balaban J connectivity index is 1.55. The van der Waals surface area contributed by atoms with E-state index < -0.39 is 0 Å². The average molecular weight is 411 g/mol. The lowest BCUT2D eigenvalue weighted by atomic mass is 10.1. The van der Waals surface area contributed by atoms with Gasteiger partial charge in [0.15, 0.2) is 22.5 Å². The van der Waals surface area contributed by atoms with Gasteiger partial charge in [-0.1, -0.05) is 41.6 Å². The molecule has 0 fully saturated rings. The number of aryl methyl sites for hydroxylation is 1. The molecule has 0 aliphatic carbocycles. The van der Waals surface area contributed by atoms with Crippen LogP contribution in [0.3, 0.4) is 0 Å². The monoisotopic (exact) mass is 411 g/mol. The maximum Gasteiger partial charge on any atom is 0.250 e. The summed E-state index contributed by atoms with van der Waals surface area (Å²) < 4.78 is 6.89. The van der Waals surface area contributed by atoms with Gasteiger partial charge >= 0.3 is 0 Å². The molecular weight excluding hydrogens is 390 g/mol. The normalized spacial score (nSPS) is 11.0. The Labute approximate surface area is 172 Å². The van der Waals surface area contributed by atoms with Gasteiger partial charge < -0.3 is 14.4 Å². The smallest absolute Gasteiger partial charge is 0.250 e. The van der Waals surface area contributed by atoms with Gasteiger partial charge in [0, 0.05) is 12.6 Å². The van der Waals surface area contributed by atoms with Crippen molar-refractivity contribution in [3.8, 4) is 22.9 Å². The summed E-state index contributed by atoms with van der Waals surface area (Å²) in [7, 11) is 3.33. The average Bonchev–Trinajstić information content (AvgIpc) is 3.08. The molecule has 0 saturated carbocycles. The molecule has 8 nitrogen and oxygen atoms in total.